The van der Waals surface area contributed by atoms with E-state index in [1.807, 2.05) is 66.7 Å². The fourth-order valence-electron chi connectivity index (χ4n) is 9.23. The van der Waals surface area contributed by atoms with Gasteiger partial charge in [-0.2, -0.15) is 52.7 Å². The Morgan fingerprint density at radius 3 is 1.32 bits per heavy atom. The highest BCUT2D eigenvalue weighted by Gasteiger charge is 2.45. The molecule has 2 aliphatic rings. The molecule has 3 unspecified atom stereocenters. The zero-order valence-electron chi connectivity index (χ0n) is 32.2. The molecular formula is C46H40F12P2. The van der Waals surface area contributed by atoms with Gasteiger partial charge in [0.05, 0.1) is 22.3 Å². The van der Waals surface area contributed by atoms with Crippen LogP contribution in [0.15, 0.2) is 115 Å². The Bertz CT molecular complexity index is 2080. The van der Waals surface area contributed by atoms with Crippen LogP contribution in [0.25, 0.3) is 0 Å². The van der Waals surface area contributed by atoms with E-state index in [-0.39, 0.29) is 24.0 Å². The molecule has 318 valence electrons. The second-order valence-electron chi connectivity index (χ2n) is 15.6. The maximum absolute atomic E-state index is 14.4. The van der Waals surface area contributed by atoms with Crippen LogP contribution in [0.2, 0.25) is 0 Å². The summed E-state index contributed by atoms with van der Waals surface area (Å²) in [5, 5.41) is 1.91. The minimum Gasteiger partial charge on any atom is -0.166 e. The van der Waals surface area contributed by atoms with Crippen LogP contribution in [0.1, 0.15) is 97.1 Å². The SMILES string of the molecule is CC(C1CCCC1c1c(C2CCCC2)cccc1P(c1ccccc1)c1ccccc1)P(c1cc(C(F)(F)F)cc(C(F)(F)F)c1)c1cc(C(F)(F)F)cc(C(F)(F)F)c1. The van der Waals surface area contributed by atoms with E-state index in [0.717, 1.165) is 52.7 Å². The Kier molecular flexibility index (Phi) is 12.6. The van der Waals surface area contributed by atoms with E-state index in [4.69, 9.17) is 0 Å². The van der Waals surface area contributed by atoms with E-state index < -0.39 is 85.0 Å². The van der Waals surface area contributed by atoms with Crippen molar-refractivity contribution in [2.45, 2.75) is 94.1 Å². The molecule has 0 amide bonds. The third-order valence-corrected chi connectivity index (χ3v) is 17.2. The number of benzene rings is 5. The second-order valence-corrected chi connectivity index (χ2v) is 20.4. The van der Waals surface area contributed by atoms with Gasteiger partial charge in [0.15, 0.2) is 0 Å². The van der Waals surface area contributed by atoms with Crippen LogP contribution in [0.5, 0.6) is 0 Å². The average Bonchev–Trinajstić information content (AvgIpc) is 3.91. The van der Waals surface area contributed by atoms with E-state index in [1.54, 1.807) is 6.92 Å². The van der Waals surface area contributed by atoms with Gasteiger partial charge >= 0.3 is 24.7 Å². The molecule has 0 heterocycles. The van der Waals surface area contributed by atoms with Crippen molar-refractivity contribution >= 4 is 42.4 Å². The van der Waals surface area contributed by atoms with E-state index in [2.05, 4.69) is 12.1 Å². The third-order valence-electron chi connectivity index (χ3n) is 11.8. The van der Waals surface area contributed by atoms with Crippen LogP contribution < -0.4 is 26.5 Å². The highest BCUT2D eigenvalue weighted by molar-refractivity contribution is 7.80. The van der Waals surface area contributed by atoms with Crippen molar-refractivity contribution in [2.24, 2.45) is 5.92 Å². The molecule has 0 N–H and O–H groups in total. The van der Waals surface area contributed by atoms with E-state index in [1.165, 1.54) is 0 Å². The van der Waals surface area contributed by atoms with Crippen molar-refractivity contribution in [3.63, 3.8) is 0 Å². The molecule has 2 aliphatic carbocycles. The molecule has 0 bridgehead atoms. The van der Waals surface area contributed by atoms with Gasteiger partial charge in [0.1, 0.15) is 0 Å². The quantitative estimate of drug-likeness (QED) is 0.102. The minimum absolute atomic E-state index is 0.0765. The Morgan fingerprint density at radius 1 is 0.467 bits per heavy atom. The smallest absolute Gasteiger partial charge is 0.166 e. The monoisotopic (exact) mass is 882 g/mol. The maximum Gasteiger partial charge on any atom is 0.416 e. The molecule has 5 aromatic carbocycles. The van der Waals surface area contributed by atoms with Crippen molar-refractivity contribution in [3.8, 4) is 0 Å². The fourth-order valence-corrected chi connectivity index (χ4v) is 14.9. The Balaban J connectivity index is 1.47. The number of rotatable bonds is 9. The van der Waals surface area contributed by atoms with Gasteiger partial charge in [-0.3, -0.25) is 0 Å². The van der Waals surface area contributed by atoms with Crippen LogP contribution in [-0.2, 0) is 24.7 Å². The van der Waals surface area contributed by atoms with Gasteiger partial charge in [0.25, 0.3) is 0 Å². The normalized spacial score (nSPS) is 18.8. The number of hydrogen-bond acceptors (Lipinski definition) is 0. The van der Waals surface area contributed by atoms with Crippen molar-refractivity contribution in [1.29, 1.82) is 0 Å². The van der Waals surface area contributed by atoms with Crippen molar-refractivity contribution < 1.29 is 52.7 Å². The van der Waals surface area contributed by atoms with Gasteiger partial charge in [-0.25, -0.2) is 0 Å². The molecule has 3 atom stereocenters. The van der Waals surface area contributed by atoms with E-state index in [9.17, 15) is 52.7 Å². The summed E-state index contributed by atoms with van der Waals surface area (Å²) in [6, 6.07) is 27.6. The van der Waals surface area contributed by atoms with E-state index in [0.29, 0.717) is 43.5 Å². The van der Waals surface area contributed by atoms with Crippen LogP contribution in [0, 0.1) is 5.92 Å². The molecule has 2 saturated carbocycles. The van der Waals surface area contributed by atoms with Gasteiger partial charge in [0, 0.05) is 0 Å². The molecule has 0 aliphatic heterocycles. The molecule has 0 aromatic heterocycles. The summed E-state index contributed by atoms with van der Waals surface area (Å²) in [6.45, 7) is 1.57. The molecule has 0 nitrogen and oxygen atoms in total. The lowest BCUT2D eigenvalue weighted by molar-refractivity contribution is -0.144. The molecule has 7 rings (SSSR count). The first-order chi connectivity index (χ1) is 28.2. The Hall–Kier alpha value is -3.88. The molecule has 0 radical (unpaired) electrons. The summed E-state index contributed by atoms with van der Waals surface area (Å²) < 4.78 is 172. The maximum atomic E-state index is 14.4. The molecule has 60 heavy (non-hydrogen) atoms. The van der Waals surface area contributed by atoms with Gasteiger partial charge in [-0.1, -0.05) is 105 Å². The number of halogens is 12. The van der Waals surface area contributed by atoms with Gasteiger partial charge in [0.2, 0.25) is 0 Å². The zero-order chi connectivity index (χ0) is 43.2. The first-order valence-corrected chi connectivity index (χ1v) is 22.4. The van der Waals surface area contributed by atoms with Crippen LogP contribution in [0.4, 0.5) is 52.7 Å². The standard InChI is InChI=1S/C46H40F12P2/c1-28(59(36-24-30(43(47,48)49)22-31(25-36)44(50,51)52)37-26-32(45(53,54)55)23-33(27-37)46(56,57)58)38-18-10-20-40(38)42-39(29-12-8-9-13-29)19-11-21-41(42)60(34-14-4-2-5-15-34)35-16-6-3-7-17-35/h2-7,11,14-17,19,21-29,38,40H,8-10,12-13,18,20H2,1H3. The molecule has 2 fully saturated rings. The largest absolute Gasteiger partial charge is 0.416 e. The summed E-state index contributed by atoms with van der Waals surface area (Å²) >= 11 is 0. The Labute approximate surface area is 342 Å². The highest BCUT2D eigenvalue weighted by atomic mass is 31.1. The van der Waals surface area contributed by atoms with Crippen LogP contribution >= 0.6 is 15.8 Å². The van der Waals surface area contributed by atoms with Crippen molar-refractivity contribution in [1.82, 2.24) is 0 Å². The number of hydrogen-bond donors (Lipinski definition) is 0. The Morgan fingerprint density at radius 2 is 0.900 bits per heavy atom. The molecule has 5 aromatic rings. The van der Waals surface area contributed by atoms with Crippen molar-refractivity contribution in [2.75, 3.05) is 0 Å². The predicted octanol–water partition coefficient (Wildman–Crippen LogP) is 13.6. The summed E-state index contributed by atoms with van der Waals surface area (Å²) in [5.41, 5.74) is -5.62. The lowest BCUT2D eigenvalue weighted by atomic mass is 9.80. The second kappa shape index (κ2) is 17.1. The molecule has 0 saturated heterocycles. The zero-order valence-corrected chi connectivity index (χ0v) is 33.9. The number of alkyl halides is 12. The minimum atomic E-state index is -5.30. The molecule has 14 heteroatoms. The highest BCUT2D eigenvalue weighted by Crippen LogP contribution is 2.56. The lowest BCUT2D eigenvalue weighted by Crippen LogP contribution is -2.32. The summed E-state index contributed by atoms with van der Waals surface area (Å²) in [4.78, 5) is 0. The van der Waals surface area contributed by atoms with Gasteiger partial charge in [-0.05, 0) is 139 Å². The summed E-state index contributed by atoms with van der Waals surface area (Å²) in [7, 11) is -3.94. The molecule has 0 spiro atoms. The predicted molar refractivity (Wildman–Crippen MR) is 215 cm³/mol. The lowest BCUT2D eigenvalue weighted by Gasteiger charge is -2.37. The van der Waals surface area contributed by atoms with Crippen molar-refractivity contribution in [3.05, 3.63) is 149 Å². The fraction of sp³-hybridized carbons (Fsp3) is 0.348. The van der Waals surface area contributed by atoms with Crippen LogP contribution in [0.3, 0.4) is 0 Å². The van der Waals surface area contributed by atoms with Gasteiger partial charge < -0.3 is 0 Å². The summed E-state index contributed by atoms with van der Waals surface area (Å²) in [6.07, 6.45) is -15.9. The third kappa shape index (κ3) is 9.45. The summed E-state index contributed by atoms with van der Waals surface area (Å²) in [5.74, 6) is -0.722. The first kappa shape index (κ1) is 44.2. The van der Waals surface area contributed by atoms with Crippen LogP contribution in [-0.4, -0.2) is 5.66 Å². The average molecular weight is 883 g/mol. The first-order valence-electron chi connectivity index (χ1n) is 19.6. The van der Waals surface area contributed by atoms with Gasteiger partial charge in [-0.15, -0.1) is 0 Å². The topological polar surface area (TPSA) is 0 Å². The van der Waals surface area contributed by atoms with E-state index >= 15 is 0 Å². The molecular weight excluding hydrogens is 842 g/mol.